The number of carbonyl (C=O) groups is 1. The lowest BCUT2D eigenvalue weighted by Crippen LogP contribution is -2.14. The molecule has 0 radical (unpaired) electrons. The maximum Gasteiger partial charge on any atom is 0.226 e. The van der Waals surface area contributed by atoms with E-state index in [1.54, 1.807) is 19.4 Å². The molecule has 7 nitrogen and oxygen atoms in total. The first-order chi connectivity index (χ1) is 15.9. The van der Waals surface area contributed by atoms with Gasteiger partial charge in [-0.2, -0.15) is 0 Å². The third kappa shape index (κ3) is 5.78. The van der Waals surface area contributed by atoms with Gasteiger partial charge in [0.25, 0.3) is 0 Å². The molecule has 33 heavy (non-hydrogen) atoms. The predicted octanol–water partition coefficient (Wildman–Crippen LogP) is 5.48. The second-order valence-electron chi connectivity index (χ2n) is 8.26. The number of ether oxygens (including phenoxy) is 1. The van der Waals surface area contributed by atoms with Crippen molar-refractivity contribution < 1.29 is 13.7 Å². The zero-order valence-electron chi connectivity index (χ0n) is 19.0. The summed E-state index contributed by atoms with van der Waals surface area (Å²) in [7, 11) is 0.00564. The molecule has 3 aromatic rings. The minimum atomic E-state index is -1.55. The number of carbonyl (C=O) groups excluding carboxylic acids is 1. The van der Waals surface area contributed by atoms with E-state index >= 15 is 0 Å². The summed E-state index contributed by atoms with van der Waals surface area (Å²) < 4.78 is 21.5. The fourth-order valence-corrected chi connectivity index (χ4v) is 6.01. The van der Waals surface area contributed by atoms with Gasteiger partial charge in [-0.3, -0.25) is 14.5 Å². The number of anilines is 2. The summed E-state index contributed by atoms with van der Waals surface area (Å²) >= 11 is 1.43. The standard InChI is InChI=1S/C24H28N4O3S2/c1-15-8-10-19(14-25-15)28-33(30)21-13-18(9-11-20(21)31-3)23-16(2)26-24(32-23)27-22(29)12-17-6-4-5-7-17/h8-11,13-14,17,28H,4-7,12H2,1-3H3,(H,26,27,29). The number of aromatic nitrogens is 2. The van der Waals surface area contributed by atoms with E-state index in [9.17, 15) is 9.00 Å². The van der Waals surface area contributed by atoms with Gasteiger partial charge in [0.15, 0.2) is 16.1 Å². The Morgan fingerprint density at radius 2 is 2.00 bits per heavy atom. The fraction of sp³-hybridized carbons (Fsp3) is 0.375. The van der Waals surface area contributed by atoms with Crippen LogP contribution in [0.1, 0.15) is 43.5 Å². The van der Waals surface area contributed by atoms with E-state index in [0.29, 0.717) is 33.8 Å². The Morgan fingerprint density at radius 3 is 2.70 bits per heavy atom. The van der Waals surface area contributed by atoms with Gasteiger partial charge in [-0.25, -0.2) is 9.19 Å². The van der Waals surface area contributed by atoms with Crippen LogP contribution in [-0.2, 0) is 15.8 Å². The highest BCUT2D eigenvalue weighted by Gasteiger charge is 2.20. The first-order valence-electron chi connectivity index (χ1n) is 11.0. The minimum absolute atomic E-state index is 0.0228. The number of rotatable bonds is 8. The molecule has 2 N–H and O–H groups in total. The van der Waals surface area contributed by atoms with Crippen molar-refractivity contribution in [1.82, 2.24) is 9.97 Å². The molecule has 0 bridgehead atoms. The fourth-order valence-electron chi connectivity index (χ4n) is 4.02. The molecular weight excluding hydrogens is 456 g/mol. The number of aryl methyl sites for hydroxylation is 2. The molecule has 1 aromatic carbocycles. The quantitative estimate of drug-likeness (QED) is 0.441. The first-order valence-corrected chi connectivity index (χ1v) is 13.0. The number of methoxy groups -OCH3 is 1. The number of amides is 1. The van der Waals surface area contributed by atoms with E-state index < -0.39 is 11.0 Å². The lowest BCUT2D eigenvalue weighted by molar-refractivity contribution is -0.117. The van der Waals surface area contributed by atoms with Crippen molar-refractivity contribution in [3.05, 3.63) is 47.9 Å². The summed E-state index contributed by atoms with van der Waals surface area (Å²) in [6.07, 6.45) is 6.91. The van der Waals surface area contributed by atoms with Crippen LogP contribution in [0, 0.1) is 19.8 Å². The monoisotopic (exact) mass is 484 g/mol. The van der Waals surface area contributed by atoms with Crippen LogP contribution in [0.15, 0.2) is 41.4 Å². The van der Waals surface area contributed by atoms with E-state index in [2.05, 4.69) is 20.0 Å². The molecule has 1 aliphatic carbocycles. The molecule has 174 valence electrons. The van der Waals surface area contributed by atoms with E-state index in [1.807, 2.05) is 38.1 Å². The van der Waals surface area contributed by atoms with Crippen LogP contribution in [0.25, 0.3) is 10.4 Å². The van der Waals surface area contributed by atoms with Crippen molar-refractivity contribution in [2.24, 2.45) is 5.92 Å². The number of nitrogens with one attached hydrogen (secondary N) is 2. The average Bonchev–Trinajstić information content (AvgIpc) is 3.44. The zero-order valence-corrected chi connectivity index (χ0v) is 20.6. The summed E-state index contributed by atoms with van der Waals surface area (Å²) in [5.74, 6) is 1.03. The lowest BCUT2D eigenvalue weighted by atomic mass is 10.0. The van der Waals surface area contributed by atoms with Gasteiger partial charge < -0.3 is 10.1 Å². The van der Waals surface area contributed by atoms with Crippen molar-refractivity contribution in [2.45, 2.75) is 50.8 Å². The summed E-state index contributed by atoms with van der Waals surface area (Å²) in [5.41, 5.74) is 3.23. The van der Waals surface area contributed by atoms with Crippen LogP contribution in [0.3, 0.4) is 0 Å². The summed E-state index contributed by atoms with van der Waals surface area (Å²) in [6.45, 7) is 3.81. The Morgan fingerprint density at radius 1 is 1.21 bits per heavy atom. The highest BCUT2D eigenvalue weighted by atomic mass is 32.2. The third-order valence-corrected chi connectivity index (χ3v) is 8.00. The summed E-state index contributed by atoms with van der Waals surface area (Å²) in [4.78, 5) is 22.7. The number of hydrogen-bond donors (Lipinski definition) is 2. The van der Waals surface area contributed by atoms with E-state index in [-0.39, 0.29) is 5.91 Å². The molecule has 1 amide bonds. The van der Waals surface area contributed by atoms with Crippen molar-refractivity contribution in [3.8, 4) is 16.2 Å². The SMILES string of the molecule is COc1ccc(-c2sc(NC(=O)CC3CCCC3)nc2C)cc1S(=O)Nc1ccc(C)nc1. The van der Waals surface area contributed by atoms with E-state index in [1.165, 1.54) is 24.2 Å². The average molecular weight is 485 g/mol. The third-order valence-electron chi connectivity index (χ3n) is 5.74. The number of benzene rings is 1. The Kier molecular flexibility index (Phi) is 7.39. The van der Waals surface area contributed by atoms with Crippen LogP contribution in [0.5, 0.6) is 5.75 Å². The van der Waals surface area contributed by atoms with Crippen molar-refractivity contribution in [3.63, 3.8) is 0 Å². The molecule has 9 heteroatoms. The Labute approximate surface area is 200 Å². The largest absolute Gasteiger partial charge is 0.495 e. The van der Waals surface area contributed by atoms with E-state index in [4.69, 9.17) is 4.74 Å². The summed E-state index contributed by atoms with van der Waals surface area (Å²) in [6, 6.07) is 9.25. The van der Waals surface area contributed by atoms with Crippen LogP contribution < -0.4 is 14.8 Å². The maximum atomic E-state index is 13.1. The molecule has 2 aromatic heterocycles. The minimum Gasteiger partial charge on any atom is -0.495 e. The van der Waals surface area contributed by atoms with Crippen LogP contribution >= 0.6 is 11.3 Å². The molecule has 0 saturated heterocycles. The van der Waals surface area contributed by atoms with Crippen molar-refractivity contribution in [1.29, 1.82) is 0 Å². The zero-order chi connectivity index (χ0) is 23.4. The molecule has 0 spiro atoms. The summed E-state index contributed by atoms with van der Waals surface area (Å²) in [5, 5.41) is 3.55. The van der Waals surface area contributed by atoms with Gasteiger partial charge in [0.2, 0.25) is 5.91 Å². The Hall–Kier alpha value is -2.78. The number of hydrogen-bond acceptors (Lipinski definition) is 6. The molecule has 0 aliphatic heterocycles. The molecular formula is C24H28N4O3S2. The van der Waals surface area contributed by atoms with Gasteiger partial charge in [0.05, 0.1) is 29.6 Å². The Bertz CT molecular complexity index is 1160. The maximum absolute atomic E-state index is 13.1. The van der Waals surface area contributed by atoms with Crippen LogP contribution in [0.2, 0.25) is 0 Å². The molecule has 1 saturated carbocycles. The van der Waals surface area contributed by atoms with Gasteiger partial charge >= 0.3 is 0 Å². The van der Waals surface area contributed by atoms with Crippen molar-refractivity contribution >= 4 is 39.0 Å². The Balaban J connectivity index is 1.53. The molecule has 1 unspecified atom stereocenters. The molecule has 1 aliphatic rings. The van der Waals surface area contributed by atoms with Crippen LogP contribution in [-0.4, -0.2) is 27.2 Å². The molecule has 1 fully saturated rings. The highest BCUT2D eigenvalue weighted by Crippen LogP contribution is 2.36. The van der Waals surface area contributed by atoms with E-state index in [0.717, 1.165) is 34.7 Å². The second kappa shape index (κ2) is 10.4. The number of nitrogens with zero attached hydrogens (tertiary/aromatic N) is 2. The number of pyridine rings is 1. The molecule has 4 rings (SSSR count). The smallest absolute Gasteiger partial charge is 0.226 e. The van der Waals surface area contributed by atoms with Gasteiger partial charge in [-0.1, -0.05) is 24.2 Å². The highest BCUT2D eigenvalue weighted by molar-refractivity contribution is 7.86. The van der Waals surface area contributed by atoms with Crippen LogP contribution in [0.4, 0.5) is 10.8 Å². The van der Waals surface area contributed by atoms with Gasteiger partial charge in [-0.15, -0.1) is 0 Å². The molecule has 2 heterocycles. The lowest BCUT2D eigenvalue weighted by Gasteiger charge is -2.12. The molecule has 1 atom stereocenters. The van der Waals surface area contributed by atoms with Crippen molar-refractivity contribution in [2.75, 3.05) is 17.1 Å². The van der Waals surface area contributed by atoms with Gasteiger partial charge in [0.1, 0.15) is 10.6 Å². The normalized spacial score (nSPS) is 14.8. The number of thiazole rings is 1. The van der Waals surface area contributed by atoms with Gasteiger partial charge in [0, 0.05) is 12.1 Å². The topological polar surface area (TPSA) is 93.2 Å². The predicted molar refractivity (Wildman–Crippen MR) is 133 cm³/mol. The first kappa shape index (κ1) is 23.4. The second-order valence-corrected chi connectivity index (χ2v) is 10.4. The van der Waals surface area contributed by atoms with Gasteiger partial charge in [-0.05, 0) is 68.5 Å².